The van der Waals surface area contributed by atoms with Crippen LogP contribution in [0.3, 0.4) is 0 Å². The van der Waals surface area contributed by atoms with Gasteiger partial charge in [0.1, 0.15) is 11.6 Å². The molecule has 0 atom stereocenters. The summed E-state index contributed by atoms with van der Waals surface area (Å²) < 4.78 is 44.3. The van der Waals surface area contributed by atoms with Crippen LogP contribution in [0.5, 0.6) is 0 Å². The van der Waals surface area contributed by atoms with Gasteiger partial charge in [-0.25, -0.2) is 4.39 Å². The maximum atomic E-state index is 13.4. The van der Waals surface area contributed by atoms with E-state index in [1.807, 2.05) is 38.1 Å². The highest BCUT2D eigenvalue weighted by Crippen LogP contribution is 2.31. The lowest BCUT2D eigenvalue weighted by Crippen LogP contribution is -2.31. The van der Waals surface area contributed by atoms with E-state index in [1.165, 1.54) is 12.1 Å². The lowest BCUT2D eigenvalue weighted by molar-refractivity contribution is 0.0959. The SMILES string of the molecule is CCN(C(=O)c1oc2c(c1C)/C(=N/NS(=O)(=O)c1ccc(F)cc1)CCC2)c1cccc(C)c1. The molecule has 1 aliphatic rings. The van der Waals surface area contributed by atoms with E-state index in [4.69, 9.17) is 4.42 Å². The van der Waals surface area contributed by atoms with Crippen molar-refractivity contribution < 1.29 is 22.0 Å². The minimum absolute atomic E-state index is 0.0918. The maximum Gasteiger partial charge on any atom is 0.294 e. The summed E-state index contributed by atoms with van der Waals surface area (Å²) in [6.07, 6.45) is 1.87. The molecule has 0 saturated heterocycles. The van der Waals surface area contributed by atoms with Crippen LogP contribution in [-0.4, -0.2) is 26.6 Å². The molecule has 0 bridgehead atoms. The van der Waals surface area contributed by atoms with Gasteiger partial charge in [0.15, 0.2) is 5.76 Å². The third-order valence-electron chi connectivity index (χ3n) is 5.82. The Balaban J connectivity index is 1.65. The molecule has 1 heterocycles. The van der Waals surface area contributed by atoms with Gasteiger partial charge in [-0.15, -0.1) is 0 Å². The van der Waals surface area contributed by atoms with Gasteiger partial charge in [-0.3, -0.25) is 4.79 Å². The first-order valence-electron chi connectivity index (χ1n) is 11.1. The van der Waals surface area contributed by atoms with E-state index in [1.54, 1.807) is 11.8 Å². The normalized spacial score (nSPS) is 14.6. The summed E-state index contributed by atoms with van der Waals surface area (Å²) in [6.45, 7) is 6.12. The molecule has 7 nitrogen and oxygen atoms in total. The Kier molecular flexibility index (Phi) is 6.56. The van der Waals surface area contributed by atoms with Gasteiger partial charge >= 0.3 is 0 Å². The summed E-state index contributed by atoms with van der Waals surface area (Å²) in [5, 5.41) is 4.16. The number of sulfonamides is 1. The first-order valence-corrected chi connectivity index (χ1v) is 12.5. The number of benzene rings is 2. The monoisotopic (exact) mass is 483 g/mol. The predicted molar refractivity (Wildman–Crippen MR) is 128 cm³/mol. The van der Waals surface area contributed by atoms with Gasteiger partial charge in [0.05, 0.1) is 10.6 Å². The van der Waals surface area contributed by atoms with Gasteiger partial charge in [0.25, 0.3) is 15.9 Å². The van der Waals surface area contributed by atoms with Crippen LogP contribution in [0.15, 0.2) is 62.9 Å². The molecule has 3 aromatic rings. The van der Waals surface area contributed by atoms with E-state index >= 15 is 0 Å². The molecule has 9 heteroatoms. The smallest absolute Gasteiger partial charge is 0.294 e. The van der Waals surface area contributed by atoms with Crippen molar-refractivity contribution in [2.45, 2.75) is 44.9 Å². The number of halogens is 1. The van der Waals surface area contributed by atoms with Gasteiger partial charge < -0.3 is 9.32 Å². The average molecular weight is 484 g/mol. The predicted octanol–water partition coefficient (Wildman–Crippen LogP) is 4.72. The highest BCUT2D eigenvalue weighted by Gasteiger charge is 2.30. The third kappa shape index (κ3) is 4.61. The lowest BCUT2D eigenvalue weighted by Gasteiger charge is -2.20. The van der Waals surface area contributed by atoms with Gasteiger partial charge in [-0.2, -0.15) is 18.4 Å². The zero-order valence-corrected chi connectivity index (χ0v) is 20.1. The van der Waals surface area contributed by atoms with Gasteiger partial charge in [0, 0.05) is 29.8 Å². The van der Waals surface area contributed by atoms with Crippen LogP contribution >= 0.6 is 0 Å². The van der Waals surface area contributed by atoms with E-state index in [9.17, 15) is 17.6 Å². The molecule has 4 rings (SSSR count). The third-order valence-corrected chi connectivity index (χ3v) is 7.04. The van der Waals surface area contributed by atoms with Crippen LogP contribution in [0.1, 0.15) is 52.8 Å². The van der Waals surface area contributed by atoms with Crippen LogP contribution < -0.4 is 9.73 Å². The van der Waals surface area contributed by atoms with E-state index in [0.29, 0.717) is 48.4 Å². The standard InChI is InChI=1S/C25H26FN3O4S/c1-4-29(19-8-5-7-16(2)15-19)25(30)24-17(3)23-21(9-6-10-22(23)33-24)27-28-34(31,32)20-13-11-18(26)12-14-20/h5,7-8,11-15,28H,4,6,9-10H2,1-3H3/b27-21+. The molecular weight excluding hydrogens is 457 g/mol. The first-order chi connectivity index (χ1) is 16.2. The van der Waals surface area contributed by atoms with Gasteiger partial charge in [-0.05, 0) is 75.6 Å². The number of rotatable bonds is 6. The molecule has 34 heavy (non-hydrogen) atoms. The topological polar surface area (TPSA) is 92.0 Å². The molecule has 1 N–H and O–H groups in total. The van der Waals surface area contributed by atoms with E-state index in [-0.39, 0.29) is 16.6 Å². The number of nitrogens with zero attached hydrogens (tertiary/aromatic N) is 2. The summed E-state index contributed by atoms with van der Waals surface area (Å²) in [4.78, 5) is 17.2. The number of hydrogen-bond acceptors (Lipinski definition) is 5. The Morgan fingerprint density at radius 1 is 1.15 bits per heavy atom. The Hall–Kier alpha value is -3.46. The molecule has 0 spiro atoms. The number of hydrogen-bond donors (Lipinski definition) is 1. The highest BCUT2D eigenvalue weighted by molar-refractivity contribution is 7.89. The van der Waals surface area contributed by atoms with Crippen LogP contribution in [0.2, 0.25) is 0 Å². The second-order valence-electron chi connectivity index (χ2n) is 8.20. The molecule has 0 radical (unpaired) electrons. The number of hydrazone groups is 1. The lowest BCUT2D eigenvalue weighted by atomic mass is 9.93. The fourth-order valence-electron chi connectivity index (χ4n) is 4.13. The van der Waals surface area contributed by atoms with Crippen molar-refractivity contribution in [2.75, 3.05) is 11.4 Å². The zero-order chi connectivity index (χ0) is 24.5. The van der Waals surface area contributed by atoms with Gasteiger partial charge in [-0.1, -0.05) is 12.1 Å². The molecule has 178 valence electrons. The summed E-state index contributed by atoms with van der Waals surface area (Å²) >= 11 is 0. The van der Waals surface area contributed by atoms with Crippen molar-refractivity contribution in [1.29, 1.82) is 0 Å². The van der Waals surface area contributed by atoms with Crippen LogP contribution in [0.25, 0.3) is 0 Å². The Labute approximate surface area is 198 Å². The summed E-state index contributed by atoms with van der Waals surface area (Å²) in [5.41, 5.74) is 3.62. The summed E-state index contributed by atoms with van der Waals surface area (Å²) in [5.74, 6) is 0.0582. The van der Waals surface area contributed by atoms with Crippen LogP contribution in [-0.2, 0) is 16.4 Å². The Morgan fingerprint density at radius 2 is 1.88 bits per heavy atom. The molecular formula is C25H26FN3O4S. The number of fused-ring (bicyclic) bond motifs is 1. The second kappa shape index (κ2) is 9.42. The second-order valence-corrected chi connectivity index (χ2v) is 9.86. The van der Waals surface area contributed by atoms with Crippen LogP contribution in [0, 0.1) is 19.7 Å². The number of aryl methyl sites for hydroxylation is 2. The van der Waals surface area contributed by atoms with Crippen molar-refractivity contribution in [3.63, 3.8) is 0 Å². The minimum Gasteiger partial charge on any atom is -0.455 e. The summed E-state index contributed by atoms with van der Waals surface area (Å²) in [7, 11) is -3.97. The fourth-order valence-corrected chi connectivity index (χ4v) is 4.96. The van der Waals surface area contributed by atoms with Crippen molar-refractivity contribution in [2.24, 2.45) is 5.10 Å². The number of nitrogens with one attached hydrogen (secondary N) is 1. The molecule has 1 aromatic heterocycles. The fraction of sp³-hybridized carbons (Fsp3) is 0.280. The Morgan fingerprint density at radius 3 is 2.56 bits per heavy atom. The van der Waals surface area contributed by atoms with Crippen molar-refractivity contribution in [3.05, 3.63) is 82.6 Å². The zero-order valence-electron chi connectivity index (χ0n) is 19.3. The van der Waals surface area contributed by atoms with E-state index < -0.39 is 15.8 Å². The highest BCUT2D eigenvalue weighted by atomic mass is 32.2. The number of amides is 1. The van der Waals surface area contributed by atoms with Crippen molar-refractivity contribution in [3.8, 4) is 0 Å². The summed E-state index contributed by atoms with van der Waals surface area (Å²) in [6, 6.07) is 12.2. The van der Waals surface area contributed by atoms with Crippen molar-refractivity contribution >= 4 is 27.3 Å². The van der Waals surface area contributed by atoms with Crippen molar-refractivity contribution in [1.82, 2.24) is 4.83 Å². The molecule has 0 aliphatic heterocycles. The largest absolute Gasteiger partial charge is 0.455 e. The maximum absolute atomic E-state index is 13.4. The molecule has 1 amide bonds. The molecule has 2 aromatic carbocycles. The Bertz CT molecular complexity index is 1360. The molecule has 0 fully saturated rings. The molecule has 0 unspecified atom stereocenters. The van der Waals surface area contributed by atoms with Gasteiger partial charge in [0.2, 0.25) is 0 Å². The van der Waals surface area contributed by atoms with Crippen LogP contribution in [0.4, 0.5) is 10.1 Å². The average Bonchev–Trinajstić information content (AvgIpc) is 3.15. The number of carbonyl (C=O) groups excluding carboxylic acids is 1. The number of furan rings is 1. The molecule has 1 aliphatic carbocycles. The van der Waals surface area contributed by atoms with E-state index in [2.05, 4.69) is 9.93 Å². The minimum atomic E-state index is -3.97. The molecule has 0 saturated carbocycles. The number of anilines is 1. The first kappa shape index (κ1) is 23.7. The van der Waals surface area contributed by atoms with E-state index in [0.717, 1.165) is 23.4 Å². The number of carbonyl (C=O) groups is 1. The quantitative estimate of drug-likeness (QED) is 0.514.